The molecule has 1 saturated heterocycles. The Bertz CT molecular complexity index is 670. The highest BCUT2D eigenvalue weighted by molar-refractivity contribution is 5.92. The fourth-order valence-electron chi connectivity index (χ4n) is 2.95. The molecule has 0 saturated carbocycles. The van der Waals surface area contributed by atoms with Crippen LogP contribution < -0.4 is 10.1 Å². The summed E-state index contributed by atoms with van der Waals surface area (Å²) in [7, 11) is 1.65. The standard InChI is InChI=1S/C19H23N3O3/c1-24-16-7-5-15(6-8-16)18(22-10-12-25-13-11-22)14-21-19(23)17-4-2-3-9-20-17/h2-9,18H,10-14H2,1H3,(H,21,23). The third-order valence-electron chi connectivity index (χ3n) is 4.34. The second kappa shape index (κ2) is 8.60. The van der Waals surface area contributed by atoms with E-state index in [0.717, 1.165) is 24.4 Å². The van der Waals surface area contributed by atoms with Gasteiger partial charge in [-0.15, -0.1) is 0 Å². The van der Waals surface area contributed by atoms with Gasteiger partial charge in [0.25, 0.3) is 5.91 Å². The number of amides is 1. The Balaban J connectivity index is 1.72. The predicted octanol–water partition coefficient (Wildman–Crippen LogP) is 1.89. The second-order valence-corrected chi connectivity index (χ2v) is 5.86. The van der Waals surface area contributed by atoms with Gasteiger partial charge in [-0.3, -0.25) is 14.7 Å². The molecule has 1 N–H and O–H groups in total. The number of carbonyl (C=O) groups excluding carboxylic acids is 1. The average molecular weight is 341 g/mol. The topological polar surface area (TPSA) is 63.7 Å². The molecule has 1 aromatic heterocycles. The quantitative estimate of drug-likeness (QED) is 0.869. The molecule has 2 aromatic rings. The van der Waals surface area contributed by atoms with E-state index in [4.69, 9.17) is 9.47 Å². The number of pyridine rings is 1. The molecule has 6 heteroatoms. The lowest BCUT2D eigenvalue weighted by molar-refractivity contribution is 0.0162. The fourth-order valence-corrected chi connectivity index (χ4v) is 2.95. The smallest absolute Gasteiger partial charge is 0.269 e. The molecule has 1 atom stereocenters. The Morgan fingerprint density at radius 2 is 2.00 bits per heavy atom. The molecule has 1 aromatic carbocycles. The van der Waals surface area contributed by atoms with Crippen molar-refractivity contribution in [3.8, 4) is 5.75 Å². The number of morpholine rings is 1. The lowest BCUT2D eigenvalue weighted by Crippen LogP contribution is -2.43. The molecule has 1 aliphatic rings. The monoisotopic (exact) mass is 341 g/mol. The predicted molar refractivity (Wildman–Crippen MR) is 94.7 cm³/mol. The van der Waals surface area contributed by atoms with E-state index in [1.54, 1.807) is 25.4 Å². The Labute approximate surface area is 147 Å². The summed E-state index contributed by atoms with van der Waals surface area (Å²) >= 11 is 0. The molecule has 132 valence electrons. The van der Waals surface area contributed by atoms with Gasteiger partial charge in [-0.05, 0) is 29.8 Å². The number of ether oxygens (including phenoxy) is 2. The molecule has 0 bridgehead atoms. The zero-order valence-corrected chi connectivity index (χ0v) is 14.4. The first-order chi connectivity index (χ1) is 12.3. The number of aromatic nitrogens is 1. The molecule has 2 heterocycles. The van der Waals surface area contributed by atoms with Crippen molar-refractivity contribution >= 4 is 5.91 Å². The van der Waals surface area contributed by atoms with Crippen LogP contribution in [0.15, 0.2) is 48.7 Å². The first kappa shape index (κ1) is 17.4. The van der Waals surface area contributed by atoms with E-state index in [-0.39, 0.29) is 11.9 Å². The van der Waals surface area contributed by atoms with Gasteiger partial charge >= 0.3 is 0 Å². The average Bonchev–Trinajstić information content (AvgIpc) is 2.70. The van der Waals surface area contributed by atoms with Crippen LogP contribution in [-0.2, 0) is 4.74 Å². The molecule has 0 aliphatic carbocycles. The van der Waals surface area contributed by atoms with Crippen LogP contribution in [0, 0.1) is 0 Å². The molecule has 0 radical (unpaired) electrons. The Hall–Kier alpha value is -2.44. The van der Waals surface area contributed by atoms with E-state index in [1.165, 1.54) is 0 Å². The van der Waals surface area contributed by atoms with E-state index in [1.807, 2.05) is 30.3 Å². The first-order valence-electron chi connectivity index (χ1n) is 8.43. The van der Waals surface area contributed by atoms with Gasteiger partial charge in [0.2, 0.25) is 0 Å². The highest BCUT2D eigenvalue weighted by atomic mass is 16.5. The summed E-state index contributed by atoms with van der Waals surface area (Å²) in [5.41, 5.74) is 1.57. The van der Waals surface area contributed by atoms with Crippen molar-refractivity contribution in [2.24, 2.45) is 0 Å². The maximum Gasteiger partial charge on any atom is 0.269 e. The van der Waals surface area contributed by atoms with Crippen LogP contribution in [0.3, 0.4) is 0 Å². The zero-order chi connectivity index (χ0) is 17.5. The third kappa shape index (κ3) is 4.55. The van der Waals surface area contributed by atoms with Crippen LogP contribution in [0.4, 0.5) is 0 Å². The van der Waals surface area contributed by atoms with Crippen molar-refractivity contribution in [1.82, 2.24) is 15.2 Å². The fraction of sp³-hybridized carbons (Fsp3) is 0.368. The molecular weight excluding hydrogens is 318 g/mol. The SMILES string of the molecule is COc1ccc(C(CNC(=O)c2ccccn2)N2CCOCC2)cc1. The second-order valence-electron chi connectivity index (χ2n) is 5.86. The van der Waals surface area contributed by atoms with E-state index < -0.39 is 0 Å². The Morgan fingerprint density at radius 3 is 2.64 bits per heavy atom. The summed E-state index contributed by atoms with van der Waals surface area (Å²) in [4.78, 5) is 18.8. The van der Waals surface area contributed by atoms with Crippen LogP contribution in [0.25, 0.3) is 0 Å². The van der Waals surface area contributed by atoms with E-state index in [0.29, 0.717) is 25.5 Å². The molecule has 1 fully saturated rings. The normalized spacial score (nSPS) is 16.2. The van der Waals surface area contributed by atoms with Crippen molar-refractivity contribution in [3.05, 3.63) is 59.9 Å². The molecule has 1 aliphatic heterocycles. The number of carbonyl (C=O) groups is 1. The minimum absolute atomic E-state index is 0.0856. The lowest BCUT2D eigenvalue weighted by Gasteiger charge is -2.35. The largest absolute Gasteiger partial charge is 0.497 e. The maximum atomic E-state index is 12.3. The molecule has 3 rings (SSSR count). The van der Waals surface area contributed by atoms with Crippen molar-refractivity contribution < 1.29 is 14.3 Å². The van der Waals surface area contributed by atoms with Crippen LogP contribution >= 0.6 is 0 Å². The number of nitrogens with zero attached hydrogens (tertiary/aromatic N) is 2. The maximum absolute atomic E-state index is 12.3. The van der Waals surface area contributed by atoms with Crippen molar-refractivity contribution in [2.45, 2.75) is 6.04 Å². The number of rotatable bonds is 6. The molecule has 1 amide bonds. The van der Waals surface area contributed by atoms with Gasteiger partial charge in [0.05, 0.1) is 26.4 Å². The summed E-state index contributed by atoms with van der Waals surface area (Å²) in [6.45, 7) is 3.62. The number of hydrogen-bond acceptors (Lipinski definition) is 5. The van der Waals surface area contributed by atoms with Crippen LogP contribution in [0.2, 0.25) is 0 Å². The molecule has 6 nitrogen and oxygen atoms in total. The Kier molecular flexibility index (Phi) is 5.98. The van der Waals surface area contributed by atoms with Gasteiger partial charge in [0.15, 0.2) is 0 Å². The summed E-state index contributed by atoms with van der Waals surface area (Å²) in [6.07, 6.45) is 1.62. The molecule has 1 unspecified atom stereocenters. The summed E-state index contributed by atoms with van der Waals surface area (Å²) in [5.74, 6) is 0.661. The van der Waals surface area contributed by atoms with Crippen molar-refractivity contribution in [2.75, 3.05) is 40.0 Å². The molecular formula is C19H23N3O3. The van der Waals surface area contributed by atoms with E-state index >= 15 is 0 Å². The molecule has 25 heavy (non-hydrogen) atoms. The summed E-state index contributed by atoms with van der Waals surface area (Å²) in [6, 6.07) is 13.4. The highest BCUT2D eigenvalue weighted by Gasteiger charge is 2.23. The van der Waals surface area contributed by atoms with Crippen molar-refractivity contribution in [3.63, 3.8) is 0 Å². The van der Waals surface area contributed by atoms with Gasteiger partial charge in [0, 0.05) is 25.8 Å². The first-order valence-corrected chi connectivity index (χ1v) is 8.43. The van der Waals surface area contributed by atoms with Gasteiger partial charge < -0.3 is 14.8 Å². The van der Waals surface area contributed by atoms with E-state index in [2.05, 4.69) is 15.2 Å². The van der Waals surface area contributed by atoms with Crippen LogP contribution in [0.1, 0.15) is 22.1 Å². The number of methoxy groups -OCH3 is 1. The third-order valence-corrected chi connectivity index (χ3v) is 4.34. The number of hydrogen-bond donors (Lipinski definition) is 1. The van der Waals surface area contributed by atoms with Gasteiger partial charge in [-0.2, -0.15) is 0 Å². The highest BCUT2D eigenvalue weighted by Crippen LogP contribution is 2.23. The van der Waals surface area contributed by atoms with Crippen molar-refractivity contribution in [1.29, 1.82) is 0 Å². The minimum Gasteiger partial charge on any atom is -0.497 e. The number of nitrogens with one attached hydrogen (secondary N) is 1. The zero-order valence-electron chi connectivity index (χ0n) is 14.4. The Morgan fingerprint density at radius 1 is 1.24 bits per heavy atom. The van der Waals surface area contributed by atoms with Crippen LogP contribution in [-0.4, -0.2) is 55.7 Å². The number of benzene rings is 1. The van der Waals surface area contributed by atoms with Gasteiger partial charge in [-0.1, -0.05) is 18.2 Å². The van der Waals surface area contributed by atoms with Gasteiger partial charge in [-0.25, -0.2) is 0 Å². The lowest BCUT2D eigenvalue weighted by atomic mass is 10.0. The minimum atomic E-state index is -0.160. The van der Waals surface area contributed by atoms with Crippen LogP contribution in [0.5, 0.6) is 5.75 Å². The molecule has 0 spiro atoms. The summed E-state index contributed by atoms with van der Waals surface area (Å²) < 4.78 is 10.7. The van der Waals surface area contributed by atoms with E-state index in [9.17, 15) is 4.79 Å². The van der Waals surface area contributed by atoms with Gasteiger partial charge in [0.1, 0.15) is 11.4 Å². The summed E-state index contributed by atoms with van der Waals surface area (Å²) in [5, 5.41) is 3.01.